The van der Waals surface area contributed by atoms with Crippen molar-refractivity contribution in [2.45, 2.75) is 6.92 Å². The van der Waals surface area contributed by atoms with E-state index in [-0.39, 0.29) is 30.3 Å². The molecule has 6 nitrogen and oxygen atoms in total. The predicted molar refractivity (Wildman–Crippen MR) is 97.9 cm³/mol. The van der Waals surface area contributed by atoms with E-state index in [2.05, 4.69) is 5.32 Å². The molecule has 7 heteroatoms. The first-order valence-electron chi connectivity index (χ1n) is 8.14. The Bertz CT molecular complexity index is 733. The van der Waals surface area contributed by atoms with Crippen molar-refractivity contribution in [1.29, 1.82) is 0 Å². The quantitative estimate of drug-likeness (QED) is 0.537. The van der Waals surface area contributed by atoms with Crippen LogP contribution in [0.25, 0.3) is 0 Å². The lowest BCUT2D eigenvalue weighted by Gasteiger charge is -2.09. The molecule has 0 saturated heterocycles. The number of esters is 1. The Morgan fingerprint density at radius 1 is 1.00 bits per heavy atom. The van der Waals surface area contributed by atoms with Crippen LogP contribution in [0.3, 0.4) is 0 Å². The molecule has 0 aliphatic carbocycles. The summed E-state index contributed by atoms with van der Waals surface area (Å²) in [6.07, 6.45) is 0. The first-order valence-corrected chi connectivity index (χ1v) is 8.52. The Morgan fingerprint density at radius 3 is 2.31 bits per heavy atom. The number of rotatable bonds is 9. The van der Waals surface area contributed by atoms with Gasteiger partial charge < -0.3 is 19.5 Å². The van der Waals surface area contributed by atoms with Gasteiger partial charge in [0.25, 0.3) is 5.91 Å². The average molecular weight is 378 g/mol. The SMILES string of the molecule is CCOc1ccc(OCCNC(=O)COC(=O)c2ccccc2Cl)cc1. The summed E-state index contributed by atoms with van der Waals surface area (Å²) in [5.74, 6) is 0.387. The van der Waals surface area contributed by atoms with Crippen molar-refractivity contribution in [3.05, 3.63) is 59.1 Å². The van der Waals surface area contributed by atoms with Gasteiger partial charge in [-0.3, -0.25) is 4.79 Å². The number of nitrogens with one attached hydrogen (secondary N) is 1. The summed E-state index contributed by atoms with van der Waals surface area (Å²) in [7, 11) is 0. The molecule has 0 saturated carbocycles. The largest absolute Gasteiger partial charge is 0.494 e. The lowest BCUT2D eigenvalue weighted by molar-refractivity contribution is -0.124. The molecule has 0 aliphatic rings. The minimum atomic E-state index is -0.642. The number of ether oxygens (including phenoxy) is 3. The molecule has 0 spiro atoms. The second-order valence-corrected chi connectivity index (χ2v) is 5.57. The van der Waals surface area contributed by atoms with Crippen LogP contribution in [0.15, 0.2) is 48.5 Å². The van der Waals surface area contributed by atoms with E-state index in [4.69, 9.17) is 25.8 Å². The highest BCUT2D eigenvalue weighted by atomic mass is 35.5. The summed E-state index contributed by atoms with van der Waals surface area (Å²) in [5.41, 5.74) is 0.223. The second-order valence-electron chi connectivity index (χ2n) is 5.16. The Balaban J connectivity index is 1.64. The third-order valence-corrected chi connectivity index (χ3v) is 3.59. The molecule has 138 valence electrons. The summed E-state index contributed by atoms with van der Waals surface area (Å²) in [6, 6.07) is 13.7. The van der Waals surface area contributed by atoms with Crippen LogP contribution in [0.4, 0.5) is 0 Å². The van der Waals surface area contributed by atoms with Gasteiger partial charge >= 0.3 is 5.97 Å². The fraction of sp³-hybridized carbons (Fsp3) is 0.263. The first kappa shape index (κ1) is 19.6. The van der Waals surface area contributed by atoms with Gasteiger partial charge in [0, 0.05) is 0 Å². The Hall–Kier alpha value is -2.73. The van der Waals surface area contributed by atoms with Crippen LogP contribution in [0.5, 0.6) is 11.5 Å². The highest BCUT2D eigenvalue weighted by molar-refractivity contribution is 6.33. The third-order valence-electron chi connectivity index (χ3n) is 3.26. The molecule has 26 heavy (non-hydrogen) atoms. The lowest BCUT2D eigenvalue weighted by Crippen LogP contribution is -2.32. The zero-order chi connectivity index (χ0) is 18.8. The van der Waals surface area contributed by atoms with E-state index in [0.717, 1.165) is 5.75 Å². The van der Waals surface area contributed by atoms with E-state index in [9.17, 15) is 9.59 Å². The van der Waals surface area contributed by atoms with Gasteiger partial charge in [-0.25, -0.2) is 4.79 Å². The normalized spacial score (nSPS) is 10.1. The summed E-state index contributed by atoms with van der Waals surface area (Å²) >= 11 is 5.90. The Morgan fingerprint density at radius 2 is 1.65 bits per heavy atom. The minimum absolute atomic E-state index is 0.223. The zero-order valence-electron chi connectivity index (χ0n) is 14.4. The van der Waals surface area contributed by atoms with E-state index < -0.39 is 11.9 Å². The van der Waals surface area contributed by atoms with Gasteiger partial charge in [0.05, 0.1) is 23.7 Å². The van der Waals surface area contributed by atoms with Crippen molar-refractivity contribution in [3.8, 4) is 11.5 Å². The van der Waals surface area contributed by atoms with Crippen LogP contribution in [0.2, 0.25) is 5.02 Å². The molecule has 0 radical (unpaired) electrons. The van der Waals surface area contributed by atoms with E-state index in [1.165, 1.54) is 6.07 Å². The number of benzene rings is 2. The predicted octanol–water partition coefficient (Wildman–Crippen LogP) is 3.09. The molecule has 0 atom stereocenters. The van der Waals surface area contributed by atoms with E-state index in [1.807, 2.05) is 19.1 Å². The van der Waals surface area contributed by atoms with Crippen molar-refractivity contribution in [1.82, 2.24) is 5.32 Å². The van der Waals surface area contributed by atoms with Gasteiger partial charge in [0.2, 0.25) is 0 Å². The van der Waals surface area contributed by atoms with Crippen LogP contribution in [0.1, 0.15) is 17.3 Å². The average Bonchev–Trinajstić information content (AvgIpc) is 2.65. The minimum Gasteiger partial charge on any atom is -0.494 e. The molecule has 1 N–H and O–H groups in total. The summed E-state index contributed by atoms with van der Waals surface area (Å²) in [5, 5.41) is 2.89. The number of carbonyl (C=O) groups is 2. The number of hydrogen-bond donors (Lipinski definition) is 1. The molecule has 0 heterocycles. The van der Waals surface area contributed by atoms with Crippen LogP contribution in [-0.2, 0) is 9.53 Å². The van der Waals surface area contributed by atoms with Gasteiger partial charge in [0.1, 0.15) is 18.1 Å². The molecular formula is C19H20ClNO5. The summed E-state index contributed by atoms with van der Waals surface area (Å²) < 4.78 is 15.8. The fourth-order valence-corrected chi connectivity index (χ4v) is 2.26. The van der Waals surface area contributed by atoms with Crippen molar-refractivity contribution in [3.63, 3.8) is 0 Å². The van der Waals surface area contributed by atoms with E-state index in [0.29, 0.717) is 12.4 Å². The second kappa shape index (κ2) is 10.3. The van der Waals surface area contributed by atoms with Crippen molar-refractivity contribution < 1.29 is 23.8 Å². The van der Waals surface area contributed by atoms with Crippen LogP contribution in [0, 0.1) is 0 Å². The molecule has 0 aliphatic heterocycles. The Kier molecular flexibility index (Phi) is 7.76. The summed E-state index contributed by atoms with van der Waals surface area (Å²) in [4.78, 5) is 23.5. The highest BCUT2D eigenvalue weighted by Crippen LogP contribution is 2.17. The van der Waals surface area contributed by atoms with Crippen LogP contribution >= 0.6 is 11.6 Å². The molecule has 0 unspecified atom stereocenters. The monoisotopic (exact) mass is 377 g/mol. The number of carbonyl (C=O) groups excluding carboxylic acids is 2. The van der Waals surface area contributed by atoms with E-state index >= 15 is 0 Å². The number of halogens is 1. The van der Waals surface area contributed by atoms with Crippen molar-refractivity contribution in [2.75, 3.05) is 26.4 Å². The first-order chi connectivity index (χ1) is 12.6. The molecule has 2 aromatic rings. The highest BCUT2D eigenvalue weighted by Gasteiger charge is 2.12. The van der Waals surface area contributed by atoms with Crippen LogP contribution in [-0.4, -0.2) is 38.2 Å². The van der Waals surface area contributed by atoms with E-state index in [1.54, 1.807) is 30.3 Å². The molecular weight excluding hydrogens is 358 g/mol. The summed E-state index contributed by atoms with van der Waals surface area (Å²) in [6.45, 7) is 2.72. The number of hydrogen-bond acceptors (Lipinski definition) is 5. The third kappa shape index (κ3) is 6.29. The van der Waals surface area contributed by atoms with Gasteiger partial charge in [-0.15, -0.1) is 0 Å². The van der Waals surface area contributed by atoms with Gasteiger partial charge in [-0.2, -0.15) is 0 Å². The topological polar surface area (TPSA) is 73.9 Å². The van der Waals surface area contributed by atoms with Gasteiger partial charge in [0.15, 0.2) is 6.61 Å². The lowest BCUT2D eigenvalue weighted by atomic mass is 10.2. The maximum Gasteiger partial charge on any atom is 0.340 e. The molecule has 1 amide bonds. The van der Waals surface area contributed by atoms with Crippen molar-refractivity contribution >= 4 is 23.5 Å². The smallest absolute Gasteiger partial charge is 0.340 e. The molecule has 0 aromatic heterocycles. The standard InChI is InChI=1S/C19H20ClNO5/c1-2-24-14-7-9-15(10-8-14)25-12-11-21-18(22)13-26-19(23)16-5-3-4-6-17(16)20/h3-10H,2,11-13H2,1H3,(H,21,22). The van der Waals surface area contributed by atoms with Gasteiger partial charge in [-0.05, 0) is 43.3 Å². The Labute approximate surface area is 157 Å². The number of amides is 1. The zero-order valence-corrected chi connectivity index (χ0v) is 15.1. The van der Waals surface area contributed by atoms with Crippen LogP contribution < -0.4 is 14.8 Å². The fourth-order valence-electron chi connectivity index (χ4n) is 2.04. The molecule has 0 bridgehead atoms. The maximum atomic E-state index is 11.8. The van der Waals surface area contributed by atoms with Gasteiger partial charge in [-0.1, -0.05) is 23.7 Å². The molecule has 2 aromatic carbocycles. The maximum absolute atomic E-state index is 11.8. The van der Waals surface area contributed by atoms with Crippen molar-refractivity contribution in [2.24, 2.45) is 0 Å². The molecule has 2 rings (SSSR count). The molecule has 0 fully saturated rings.